The van der Waals surface area contributed by atoms with E-state index in [9.17, 15) is 4.79 Å². The molecule has 3 rings (SSSR count). The fourth-order valence-corrected chi connectivity index (χ4v) is 2.95. The van der Waals surface area contributed by atoms with E-state index < -0.39 is 0 Å². The summed E-state index contributed by atoms with van der Waals surface area (Å²) >= 11 is 1.74. The molecule has 2 heterocycles. The third-order valence-electron chi connectivity index (χ3n) is 2.90. The van der Waals surface area contributed by atoms with Crippen molar-refractivity contribution < 1.29 is 4.79 Å². The van der Waals surface area contributed by atoms with Crippen molar-refractivity contribution in [2.45, 2.75) is 13.0 Å². The average Bonchev–Trinajstić information content (AvgIpc) is 2.95. The van der Waals surface area contributed by atoms with Crippen molar-refractivity contribution in [2.24, 2.45) is 0 Å². The van der Waals surface area contributed by atoms with Gasteiger partial charge in [-0.3, -0.25) is 10.1 Å². The first kappa shape index (κ1) is 11.6. The SMILES string of the molecule is Cc1nc2ccc(NC(=O)C3CSCN3)cc2[nH]1. The van der Waals surface area contributed by atoms with Gasteiger partial charge in [-0.1, -0.05) is 0 Å². The lowest BCUT2D eigenvalue weighted by molar-refractivity contribution is -0.117. The van der Waals surface area contributed by atoms with Gasteiger partial charge < -0.3 is 10.3 Å². The Bertz CT molecular complexity index is 589. The highest BCUT2D eigenvalue weighted by atomic mass is 32.2. The molecule has 1 aliphatic rings. The summed E-state index contributed by atoms with van der Waals surface area (Å²) in [5, 5.41) is 6.07. The molecule has 1 unspecified atom stereocenters. The molecule has 1 aromatic heterocycles. The lowest BCUT2D eigenvalue weighted by atomic mass is 10.2. The molecule has 0 bridgehead atoms. The lowest BCUT2D eigenvalue weighted by Gasteiger charge is -2.10. The summed E-state index contributed by atoms with van der Waals surface area (Å²) in [6, 6.07) is 5.61. The predicted octanol–water partition coefficient (Wildman–Crippen LogP) is 1.47. The molecular weight excluding hydrogens is 248 g/mol. The highest BCUT2D eigenvalue weighted by Crippen LogP contribution is 2.18. The molecule has 3 N–H and O–H groups in total. The minimum atomic E-state index is -0.0887. The van der Waals surface area contributed by atoms with Gasteiger partial charge in [0.1, 0.15) is 5.82 Å². The number of fused-ring (bicyclic) bond motifs is 1. The predicted molar refractivity (Wildman–Crippen MR) is 73.7 cm³/mol. The number of aromatic amines is 1. The normalized spacial score (nSPS) is 19.3. The Labute approximate surface area is 109 Å². The second-order valence-electron chi connectivity index (χ2n) is 4.32. The summed E-state index contributed by atoms with van der Waals surface area (Å²) in [4.78, 5) is 19.4. The topological polar surface area (TPSA) is 69.8 Å². The molecule has 1 atom stereocenters. The standard InChI is InChI=1S/C12H14N4OS/c1-7-14-9-3-2-8(4-10(9)15-7)16-12(17)11-5-18-6-13-11/h2-4,11,13H,5-6H2,1H3,(H,14,15)(H,16,17). The van der Waals surface area contributed by atoms with E-state index in [2.05, 4.69) is 20.6 Å². The van der Waals surface area contributed by atoms with Crippen molar-refractivity contribution in [3.63, 3.8) is 0 Å². The van der Waals surface area contributed by atoms with Crippen LogP contribution in [0.5, 0.6) is 0 Å². The molecule has 6 heteroatoms. The summed E-state index contributed by atoms with van der Waals surface area (Å²) in [6.45, 7) is 1.91. The maximum Gasteiger partial charge on any atom is 0.242 e. The number of amides is 1. The van der Waals surface area contributed by atoms with E-state index in [0.29, 0.717) is 0 Å². The first-order valence-corrected chi connectivity index (χ1v) is 6.96. The van der Waals surface area contributed by atoms with Gasteiger partial charge in [0.25, 0.3) is 0 Å². The average molecular weight is 262 g/mol. The molecule has 2 aromatic rings. The number of nitrogens with one attached hydrogen (secondary N) is 3. The van der Waals surface area contributed by atoms with Crippen LogP contribution in [-0.2, 0) is 4.79 Å². The second kappa shape index (κ2) is 4.62. The molecule has 94 valence electrons. The molecule has 1 amide bonds. The Morgan fingerprint density at radius 2 is 2.44 bits per heavy atom. The van der Waals surface area contributed by atoms with Gasteiger partial charge in [0, 0.05) is 17.3 Å². The number of anilines is 1. The highest BCUT2D eigenvalue weighted by Gasteiger charge is 2.22. The van der Waals surface area contributed by atoms with Crippen LogP contribution in [0.1, 0.15) is 5.82 Å². The van der Waals surface area contributed by atoms with Crippen LogP contribution >= 0.6 is 11.8 Å². The van der Waals surface area contributed by atoms with Gasteiger partial charge >= 0.3 is 0 Å². The van der Waals surface area contributed by atoms with Gasteiger partial charge in [-0.05, 0) is 25.1 Å². The van der Waals surface area contributed by atoms with Crippen LogP contribution in [0, 0.1) is 6.92 Å². The minimum Gasteiger partial charge on any atom is -0.342 e. The zero-order valence-electron chi connectivity index (χ0n) is 9.99. The number of rotatable bonds is 2. The molecule has 5 nitrogen and oxygen atoms in total. The van der Waals surface area contributed by atoms with Gasteiger partial charge in [-0.2, -0.15) is 0 Å². The molecule has 1 fully saturated rings. The van der Waals surface area contributed by atoms with E-state index in [4.69, 9.17) is 0 Å². The quantitative estimate of drug-likeness (QED) is 0.766. The first-order valence-electron chi connectivity index (χ1n) is 5.81. The highest BCUT2D eigenvalue weighted by molar-refractivity contribution is 7.99. The number of hydrogen-bond donors (Lipinski definition) is 3. The number of carbonyl (C=O) groups is 1. The molecule has 0 aliphatic carbocycles. The zero-order valence-corrected chi connectivity index (χ0v) is 10.8. The van der Waals surface area contributed by atoms with Gasteiger partial charge in [-0.25, -0.2) is 4.98 Å². The Balaban J connectivity index is 1.79. The van der Waals surface area contributed by atoms with Gasteiger partial charge in [0.2, 0.25) is 5.91 Å². The molecular formula is C12H14N4OS. The number of hydrogen-bond acceptors (Lipinski definition) is 4. The van der Waals surface area contributed by atoms with Crippen LogP contribution < -0.4 is 10.6 Å². The Kier molecular flexibility index (Phi) is 2.97. The van der Waals surface area contributed by atoms with Crippen LogP contribution in [0.4, 0.5) is 5.69 Å². The maximum absolute atomic E-state index is 11.9. The number of imidazole rings is 1. The molecule has 0 spiro atoms. The number of aryl methyl sites for hydroxylation is 1. The van der Waals surface area contributed by atoms with Gasteiger partial charge in [0.15, 0.2) is 0 Å². The first-order chi connectivity index (χ1) is 8.72. The molecule has 0 saturated carbocycles. The summed E-state index contributed by atoms with van der Waals surface area (Å²) in [7, 11) is 0. The summed E-state index contributed by atoms with van der Waals surface area (Å²) in [5.41, 5.74) is 2.66. The van der Waals surface area contributed by atoms with E-state index in [1.807, 2.05) is 25.1 Å². The number of carbonyl (C=O) groups excluding carboxylic acids is 1. The molecule has 1 aliphatic heterocycles. The summed E-state index contributed by atoms with van der Waals surface area (Å²) < 4.78 is 0. The second-order valence-corrected chi connectivity index (χ2v) is 5.35. The van der Waals surface area contributed by atoms with Gasteiger partial charge in [0.05, 0.1) is 17.1 Å². The fraction of sp³-hybridized carbons (Fsp3) is 0.333. The zero-order chi connectivity index (χ0) is 12.5. The van der Waals surface area contributed by atoms with Crippen LogP contribution in [0.15, 0.2) is 18.2 Å². The summed E-state index contributed by atoms with van der Waals surface area (Å²) in [6.07, 6.45) is 0. The number of thioether (sulfide) groups is 1. The Morgan fingerprint density at radius 3 is 3.22 bits per heavy atom. The monoisotopic (exact) mass is 262 g/mol. The maximum atomic E-state index is 11.9. The van der Waals surface area contributed by atoms with Crippen LogP contribution in [0.2, 0.25) is 0 Å². The third kappa shape index (κ3) is 2.21. The lowest BCUT2D eigenvalue weighted by Crippen LogP contribution is -2.37. The summed E-state index contributed by atoms with van der Waals surface area (Å²) in [5.74, 6) is 2.58. The largest absolute Gasteiger partial charge is 0.342 e. The number of nitrogens with zero attached hydrogens (tertiary/aromatic N) is 1. The van der Waals surface area contributed by atoms with Crippen molar-refractivity contribution >= 4 is 34.4 Å². The van der Waals surface area contributed by atoms with Crippen LogP contribution in [0.25, 0.3) is 11.0 Å². The fourth-order valence-electron chi connectivity index (χ4n) is 2.01. The van der Waals surface area contributed by atoms with Crippen LogP contribution in [0.3, 0.4) is 0 Å². The van der Waals surface area contributed by atoms with Crippen molar-refractivity contribution in [3.05, 3.63) is 24.0 Å². The Hall–Kier alpha value is -1.53. The molecule has 18 heavy (non-hydrogen) atoms. The van der Waals surface area contributed by atoms with Crippen molar-refractivity contribution in [2.75, 3.05) is 16.9 Å². The smallest absolute Gasteiger partial charge is 0.242 e. The van der Waals surface area contributed by atoms with E-state index >= 15 is 0 Å². The van der Waals surface area contributed by atoms with Gasteiger partial charge in [-0.15, -0.1) is 11.8 Å². The van der Waals surface area contributed by atoms with Crippen molar-refractivity contribution in [1.82, 2.24) is 15.3 Å². The molecule has 0 radical (unpaired) electrons. The molecule has 1 saturated heterocycles. The van der Waals surface area contributed by atoms with E-state index in [1.165, 1.54) is 0 Å². The number of benzene rings is 1. The third-order valence-corrected chi connectivity index (χ3v) is 3.84. The number of H-pyrrole nitrogens is 1. The van der Waals surface area contributed by atoms with E-state index in [0.717, 1.165) is 34.2 Å². The molecule has 1 aromatic carbocycles. The number of aromatic nitrogens is 2. The Morgan fingerprint density at radius 1 is 1.56 bits per heavy atom. The van der Waals surface area contributed by atoms with E-state index in [1.54, 1.807) is 11.8 Å². The minimum absolute atomic E-state index is 0.0237. The van der Waals surface area contributed by atoms with Crippen LogP contribution in [-0.4, -0.2) is 33.5 Å². The van der Waals surface area contributed by atoms with Crippen molar-refractivity contribution in [1.29, 1.82) is 0 Å². The van der Waals surface area contributed by atoms with E-state index in [-0.39, 0.29) is 11.9 Å². The van der Waals surface area contributed by atoms with Crippen molar-refractivity contribution in [3.8, 4) is 0 Å².